The topological polar surface area (TPSA) is 58.2 Å². The number of hydrogen-bond acceptors (Lipinski definition) is 4. The molecular formula is C15H26N2O2S2. The van der Waals surface area contributed by atoms with Gasteiger partial charge in [0.25, 0.3) is 0 Å². The maximum atomic E-state index is 12.7. The summed E-state index contributed by atoms with van der Waals surface area (Å²) in [6.07, 6.45) is 4.23. The minimum Gasteiger partial charge on any atom is -0.312 e. The van der Waals surface area contributed by atoms with E-state index < -0.39 is 10.0 Å². The van der Waals surface area contributed by atoms with Crippen LogP contribution < -0.4 is 10.0 Å². The highest BCUT2D eigenvalue weighted by atomic mass is 32.2. The molecule has 6 heteroatoms. The molecule has 0 amide bonds. The summed E-state index contributed by atoms with van der Waals surface area (Å²) in [5.74, 6) is 0.608. The number of nitrogens with one attached hydrogen (secondary N) is 2. The van der Waals surface area contributed by atoms with Crippen LogP contribution >= 0.6 is 11.3 Å². The van der Waals surface area contributed by atoms with Crippen LogP contribution in [0.1, 0.15) is 50.0 Å². The van der Waals surface area contributed by atoms with Crippen molar-refractivity contribution in [3.8, 4) is 0 Å². The maximum Gasteiger partial charge on any atom is 0.242 e. The Bertz CT molecular complexity index is 566. The average molecular weight is 331 g/mol. The predicted molar refractivity (Wildman–Crippen MR) is 88.2 cm³/mol. The van der Waals surface area contributed by atoms with Gasteiger partial charge in [0.15, 0.2) is 0 Å². The largest absolute Gasteiger partial charge is 0.312 e. The van der Waals surface area contributed by atoms with Crippen molar-refractivity contribution in [2.75, 3.05) is 6.54 Å². The van der Waals surface area contributed by atoms with Gasteiger partial charge in [-0.1, -0.05) is 26.7 Å². The van der Waals surface area contributed by atoms with E-state index in [0.717, 1.165) is 36.2 Å². The molecule has 0 saturated heterocycles. The summed E-state index contributed by atoms with van der Waals surface area (Å²) >= 11 is 1.52. The fraction of sp³-hybridized carbons (Fsp3) is 0.733. The number of sulfonamides is 1. The van der Waals surface area contributed by atoms with Gasteiger partial charge in [-0.25, -0.2) is 13.1 Å². The van der Waals surface area contributed by atoms with E-state index in [1.807, 2.05) is 19.2 Å². The van der Waals surface area contributed by atoms with E-state index in [2.05, 4.69) is 17.0 Å². The molecule has 1 heterocycles. The minimum absolute atomic E-state index is 0.0880. The zero-order valence-electron chi connectivity index (χ0n) is 13.1. The van der Waals surface area contributed by atoms with Crippen LogP contribution in [0, 0.1) is 12.8 Å². The lowest BCUT2D eigenvalue weighted by atomic mass is 9.88. The molecule has 1 aliphatic carbocycles. The number of aryl methyl sites for hydroxylation is 1. The summed E-state index contributed by atoms with van der Waals surface area (Å²) in [7, 11) is -3.41. The molecule has 2 atom stereocenters. The fourth-order valence-electron chi connectivity index (χ4n) is 3.03. The van der Waals surface area contributed by atoms with E-state index in [1.165, 1.54) is 17.8 Å². The normalized spacial score (nSPS) is 23.4. The highest BCUT2D eigenvalue weighted by Gasteiger charge is 2.28. The first kappa shape index (κ1) is 16.9. The van der Waals surface area contributed by atoms with E-state index in [0.29, 0.717) is 17.4 Å². The molecule has 120 valence electrons. The lowest BCUT2D eigenvalue weighted by Crippen LogP contribution is -2.38. The van der Waals surface area contributed by atoms with Gasteiger partial charge in [-0.05, 0) is 43.2 Å². The second-order valence-corrected chi connectivity index (χ2v) is 8.66. The summed E-state index contributed by atoms with van der Waals surface area (Å²) in [6.45, 7) is 7.56. The number of hydrogen-bond donors (Lipinski definition) is 2. The zero-order chi connectivity index (χ0) is 15.5. The van der Waals surface area contributed by atoms with E-state index in [9.17, 15) is 8.42 Å². The molecule has 0 aromatic carbocycles. The molecule has 2 N–H and O–H groups in total. The average Bonchev–Trinajstić information content (AvgIpc) is 2.77. The van der Waals surface area contributed by atoms with E-state index in [1.54, 1.807) is 0 Å². The summed E-state index contributed by atoms with van der Waals surface area (Å²) in [6, 6.07) is 0.0880. The molecule has 0 bridgehead atoms. The Hall–Kier alpha value is -0.430. The fourth-order valence-corrected chi connectivity index (χ4v) is 6.09. The first-order valence-electron chi connectivity index (χ1n) is 7.74. The molecule has 0 aliphatic heterocycles. The van der Waals surface area contributed by atoms with Crippen molar-refractivity contribution in [1.82, 2.24) is 10.0 Å². The summed E-state index contributed by atoms with van der Waals surface area (Å²) in [5, 5.41) is 5.15. The van der Waals surface area contributed by atoms with Gasteiger partial charge in [0.1, 0.15) is 4.90 Å². The van der Waals surface area contributed by atoms with Gasteiger partial charge in [0.05, 0.1) is 0 Å². The van der Waals surface area contributed by atoms with Crippen LogP contribution in [0.15, 0.2) is 10.3 Å². The Kier molecular flexibility index (Phi) is 5.82. The van der Waals surface area contributed by atoms with Crippen molar-refractivity contribution in [1.29, 1.82) is 0 Å². The molecule has 1 fully saturated rings. The molecule has 1 saturated carbocycles. The Labute approximate surface area is 132 Å². The van der Waals surface area contributed by atoms with E-state index in [-0.39, 0.29) is 6.04 Å². The SMILES string of the molecule is CCNCc1scc(C)c1S(=O)(=O)NC1CCCC(C)C1. The molecule has 0 spiro atoms. The van der Waals surface area contributed by atoms with Gasteiger partial charge in [0.2, 0.25) is 10.0 Å². The Morgan fingerprint density at radius 3 is 2.81 bits per heavy atom. The molecular weight excluding hydrogens is 304 g/mol. The van der Waals surface area contributed by atoms with Crippen LogP contribution in [0.25, 0.3) is 0 Å². The highest BCUT2D eigenvalue weighted by Crippen LogP contribution is 2.29. The van der Waals surface area contributed by atoms with Crippen LogP contribution in [0.2, 0.25) is 0 Å². The first-order valence-corrected chi connectivity index (χ1v) is 10.1. The van der Waals surface area contributed by atoms with Crippen molar-refractivity contribution < 1.29 is 8.42 Å². The molecule has 1 aromatic heterocycles. The quantitative estimate of drug-likeness (QED) is 0.843. The summed E-state index contributed by atoms with van der Waals surface area (Å²) < 4.78 is 28.4. The molecule has 21 heavy (non-hydrogen) atoms. The van der Waals surface area contributed by atoms with Crippen LogP contribution in [-0.2, 0) is 16.6 Å². The van der Waals surface area contributed by atoms with Gasteiger partial charge < -0.3 is 5.32 Å². The molecule has 2 rings (SSSR count). The first-order chi connectivity index (χ1) is 9.94. The number of rotatable bonds is 6. The van der Waals surface area contributed by atoms with E-state index >= 15 is 0 Å². The predicted octanol–water partition coefficient (Wildman–Crippen LogP) is 3.02. The smallest absolute Gasteiger partial charge is 0.242 e. The zero-order valence-corrected chi connectivity index (χ0v) is 14.7. The minimum atomic E-state index is -3.41. The maximum absolute atomic E-state index is 12.7. The highest BCUT2D eigenvalue weighted by molar-refractivity contribution is 7.89. The Morgan fingerprint density at radius 1 is 1.38 bits per heavy atom. The summed E-state index contributed by atoms with van der Waals surface area (Å²) in [4.78, 5) is 1.40. The van der Waals surface area contributed by atoms with Crippen LogP contribution in [0.3, 0.4) is 0 Å². The van der Waals surface area contributed by atoms with Crippen LogP contribution in [-0.4, -0.2) is 21.0 Å². The van der Waals surface area contributed by atoms with Gasteiger partial charge in [-0.15, -0.1) is 11.3 Å². The molecule has 1 aromatic rings. The number of thiophene rings is 1. The third-order valence-electron chi connectivity index (χ3n) is 4.05. The molecule has 1 aliphatic rings. The molecule has 2 unspecified atom stereocenters. The monoisotopic (exact) mass is 330 g/mol. The van der Waals surface area contributed by atoms with Gasteiger partial charge in [-0.2, -0.15) is 0 Å². The second-order valence-electron chi connectivity index (χ2n) is 6.04. The van der Waals surface area contributed by atoms with Crippen LogP contribution in [0.4, 0.5) is 0 Å². The Morgan fingerprint density at radius 2 is 2.14 bits per heavy atom. The third-order valence-corrected chi connectivity index (χ3v) is 7.03. The van der Waals surface area contributed by atoms with E-state index in [4.69, 9.17) is 0 Å². The van der Waals surface area contributed by atoms with Crippen molar-refractivity contribution in [2.24, 2.45) is 5.92 Å². The van der Waals surface area contributed by atoms with Crippen molar-refractivity contribution in [2.45, 2.75) is 63.9 Å². The lowest BCUT2D eigenvalue weighted by molar-refractivity contribution is 0.327. The third kappa shape index (κ3) is 4.28. The second kappa shape index (κ2) is 7.22. The van der Waals surface area contributed by atoms with Crippen LogP contribution in [0.5, 0.6) is 0 Å². The standard InChI is InChI=1S/C15H26N2O2S2/c1-4-16-9-14-15(12(3)10-20-14)21(18,19)17-13-7-5-6-11(2)8-13/h10-11,13,16-17H,4-9H2,1-3H3. The van der Waals surface area contributed by atoms with Crippen molar-refractivity contribution in [3.63, 3.8) is 0 Å². The summed E-state index contributed by atoms with van der Waals surface area (Å²) in [5.41, 5.74) is 0.851. The molecule has 0 radical (unpaired) electrons. The Balaban J connectivity index is 2.17. The van der Waals surface area contributed by atoms with Gasteiger partial charge in [0, 0.05) is 17.5 Å². The molecule has 4 nitrogen and oxygen atoms in total. The van der Waals surface area contributed by atoms with Crippen molar-refractivity contribution in [3.05, 3.63) is 15.8 Å². The van der Waals surface area contributed by atoms with Gasteiger partial charge >= 0.3 is 0 Å². The van der Waals surface area contributed by atoms with Crippen molar-refractivity contribution >= 4 is 21.4 Å². The lowest BCUT2D eigenvalue weighted by Gasteiger charge is -2.27. The van der Waals surface area contributed by atoms with Gasteiger partial charge in [-0.3, -0.25) is 0 Å².